The number of hydrogen-bond acceptors (Lipinski definition) is 5. The maximum atomic E-state index is 11.2. The average molecular weight is 264 g/mol. The van der Waals surface area contributed by atoms with Crippen molar-refractivity contribution in [3.63, 3.8) is 0 Å². The van der Waals surface area contributed by atoms with Crippen LogP contribution in [0.5, 0.6) is 0 Å². The van der Waals surface area contributed by atoms with Crippen LogP contribution in [0.4, 0.5) is 0 Å². The molecule has 0 fully saturated rings. The van der Waals surface area contributed by atoms with E-state index in [1.54, 1.807) is 21.8 Å². The van der Waals surface area contributed by atoms with Gasteiger partial charge in [-0.3, -0.25) is 4.68 Å². The van der Waals surface area contributed by atoms with E-state index in [1.807, 2.05) is 6.92 Å². The van der Waals surface area contributed by atoms with Crippen molar-refractivity contribution in [1.29, 1.82) is 0 Å². The highest BCUT2D eigenvalue weighted by molar-refractivity contribution is 5.92. The van der Waals surface area contributed by atoms with Crippen molar-refractivity contribution in [1.82, 2.24) is 24.8 Å². The summed E-state index contributed by atoms with van der Waals surface area (Å²) in [5, 5.41) is 20.9. The molecule has 102 valence electrons. The van der Waals surface area contributed by atoms with Crippen molar-refractivity contribution < 1.29 is 9.90 Å². The molecule has 0 bridgehead atoms. The Kier molecular flexibility index (Phi) is 3.91. The Morgan fingerprint density at radius 1 is 1.53 bits per heavy atom. The lowest BCUT2D eigenvalue weighted by atomic mass is 10.2. The second kappa shape index (κ2) is 5.61. The zero-order valence-electron chi connectivity index (χ0n) is 10.7. The van der Waals surface area contributed by atoms with E-state index in [9.17, 15) is 4.79 Å². The second-order valence-electron chi connectivity index (χ2n) is 4.04. The number of carboxylic acid groups (broad SMARTS) is 1. The monoisotopic (exact) mass is 264 g/mol. The number of carbonyl (C=O) groups is 1. The fourth-order valence-electron chi connectivity index (χ4n) is 1.80. The molecule has 0 atom stereocenters. The number of rotatable bonds is 6. The first-order chi connectivity index (χ1) is 9.17. The minimum atomic E-state index is -1.10. The van der Waals surface area contributed by atoms with Crippen LogP contribution >= 0.6 is 0 Å². The van der Waals surface area contributed by atoms with E-state index in [0.29, 0.717) is 37.3 Å². The van der Waals surface area contributed by atoms with Crippen molar-refractivity contribution in [3.8, 4) is 11.3 Å². The van der Waals surface area contributed by atoms with Gasteiger partial charge in [-0.25, -0.2) is 9.48 Å². The quantitative estimate of drug-likeness (QED) is 0.771. The zero-order valence-corrected chi connectivity index (χ0v) is 10.7. The van der Waals surface area contributed by atoms with Crippen LogP contribution in [0.2, 0.25) is 0 Å². The van der Waals surface area contributed by atoms with Gasteiger partial charge in [-0.05, 0) is 19.9 Å². The number of carboxylic acids is 1. The third-order valence-corrected chi connectivity index (χ3v) is 2.74. The molecule has 0 saturated carbocycles. The predicted octanol–water partition coefficient (Wildman–Crippen LogP) is 0.208. The van der Waals surface area contributed by atoms with Crippen molar-refractivity contribution >= 4 is 5.97 Å². The van der Waals surface area contributed by atoms with Crippen molar-refractivity contribution in [2.24, 2.45) is 5.73 Å². The normalized spacial score (nSPS) is 10.8. The summed E-state index contributed by atoms with van der Waals surface area (Å²) in [6.07, 6.45) is 4.11. The fourth-order valence-corrected chi connectivity index (χ4v) is 1.80. The van der Waals surface area contributed by atoms with Gasteiger partial charge < -0.3 is 10.8 Å². The molecule has 2 aromatic heterocycles. The molecule has 3 N–H and O–H groups in total. The average Bonchev–Trinajstić information content (AvgIpc) is 3.01. The molecule has 0 aliphatic heterocycles. The molecule has 0 saturated heterocycles. The summed E-state index contributed by atoms with van der Waals surface area (Å²) in [5.74, 6) is -1.10. The van der Waals surface area contributed by atoms with E-state index in [0.717, 1.165) is 0 Å². The fraction of sp³-hybridized carbons (Fsp3) is 0.455. The Labute approximate surface area is 109 Å². The molecular formula is C11H16N6O2. The molecule has 0 radical (unpaired) electrons. The molecule has 0 unspecified atom stereocenters. The van der Waals surface area contributed by atoms with Gasteiger partial charge >= 0.3 is 5.97 Å². The molecule has 0 amide bonds. The first-order valence-corrected chi connectivity index (χ1v) is 6.07. The summed E-state index contributed by atoms with van der Waals surface area (Å²) < 4.78 is 3.29. The molecule has 2 aromatic rings. The third kappa shape index (κ3) is 2.63. The highest BCUT2D eigenvalue weighted by Crippen LogP contribution is 2.22. The molecule has 0 spiro atoms. The van der Waals surface area contributed by atoms with E-state index in [2.05, 4.69) is 15.4 Å². The topological polar surface area (TPSA) is 112 Å². The standard InChI is InChI=1S/C11H16N6O2/c1-2-16-7-8(6-13-16)10-9(11(18)19)14-15-17(10)5-3-4-12/h6-7H,2-5,12H2,1H3,(H,18,19). The molecule has 0 aliphatic carbocycles. The minimum absolute atomic E-state index is 0.0623. The number of aromatic carboxylic acids is 1. The zero-order chi connectivity index (χ0) is 13.8. The highest BCUT2D eigenvalue weighted by atomic mass is 16.4. The Morgan fingerprint density at radius 3 is 2.89 bits per heavy atom. The van der Waals surface area contributed by atoms with Gasteiger partial charge in [0.05, 0.1) is 6.20 Å². The van der Waals surface area contributed by atoms with Crippen LogP contribution in [0.15, 0.2) is 12.4 Å². The lowest BCUT2D eigenvalue weighted by molar-refractivity contribution is 0.0691. The number of nitrogens with two attached hydrogens (primary N) is 1. The van der Waals surface area contributed by atoms with Crippen LogP contribution in [-0.4, -0.2) is 42.4 Å². The summed E-state index contributed by atoms with van der Waals surface area (Å²) in [5.41, 5.74) is 6.57. The molecule has 0 aliphatic rings. The number of aromatic nitrogens is 5. The predicted molar refractivity (Wildman–Crippen MR) is 67.5 cm³/mol. The number of aryl methyl sites for hydroxylation is 2. The van der Waals surface area contributed by atoms with E-state index in [4.69, 9.17) is 10.8 Å². The largest absolute Gasteiger partial charge is 0.476 e. The lowest BCUT2D eigenvalue weighted by Crippen LogP contribution is -2.09. The summed E-state index contributed by atoms with van der Waals surface area (Å²) in [7, 11) is 0. The molecule has 2 rings (SSSR count). The van der Waals surface area contributed by atoms with Crippen LogP contribution in [-0.2, 0) is 13.1 Å². The SMILES string of the molecule is CCn1cc(-c2c(C(=O)O)nnn2CCCN)cn1. The Bertz CT molecular complexity index is 574. The van der Waals surface area contributed by atoms with E-state index < -0.39 is 5.97 Å². The van der Waals surface area contributed by atoms with Crippen LogP contribution in [0.3, 0.4) is 0 Å². The lowest BCUT2D eigenvalue weighted by Gasteiger charge is -2.04. The number of nitrogens with zero attached hydrogens (tertiary/aromatic N) is 5. The highest BCUT2D eigenvalue weighted by Gasteiger charge is 2.21. The minimum Gasteiger partial charge on any atom is -0.476 e. The smallest absolute Gasteiger partial charge is 0.358 e. The van der Waals surface area contributed by atoms with Crippen LogP contribution < -0.4 is 5.73 Å². The summed E-state index contributed by atoms with van der Waals surface area (Å²) in [6, 6.07) is 0. The van der Waals surface area contributed by atoms with Crippen molar-refractivity contribution in [2.45, 2.75) is 26.4 Å². The number of hydrogen-bond donors (Lipinski definition) is 2. The summed E-state index contributed by atoms with van der Waals surface area (Å²) >= 11 is 0. The molecule has 8 nitrogen and oxygen atoms in total. The Morgan fingerprint density at radius 2 is 2.32 bits per heavy atom. The van der Waals surface area contributed by atoms with Gasteiger partial charge in [-0.15, -0.1) is 5.10 Å². The van der Waals surface area contributed by atoms with E-state index >= 15 is 0 Å². The third-order valence-electron chi connectivity index (χ3n) is 2.74. The molecule has 19 heavy (non-hydrogen) atoms. The Hall–Kier alpha value is -2.22. The first kappa shape index (κ1) is 13.2. The Balaban J connectivity index is 2.44. The maximum absolute atomic E-state index is 11.2. The van der Waals surface area contributed by atoms with Gasteiger partial charge in [0.25, 0.3) is 0 Å². The maximum Gasteiger partial charge on any atom is 0.358 e. The van der Waals surface area contributed by atoms with Gasteiger partial charge in [0.2, 0.25) is 0 Å². The van der Waals surface area contributed by atoms with Crippen molar-refractivity contribution in [2.75, 3.05) is 6.54 Å². The van der Waals surface area contributed by atoms with Crippen molar-refractivity contribution in [3.05, 3.63) is 18.1 Å². The van der Waals surface area contributed by atoms with Crippen LogP contribution in [0, 0.1) is 0 Å². The van der Waals surface area contributed by atoms with E-state index in [1.165, 1.54) is 0 Å². The van der Waals surface area contributed by atoms with Gasteiger partial charge in [0.15, 0.2) is 5.69 Å². The van der Waals surface area contributed by atoms with Gasteiger partial charge in [0.1, 0.15) is 5.69 Å². The molecule has 0 aromatic carbocycles. The first-order valence-electron chi connectivity index (χ1n) is 6.07. The van der Waals surface area contributed by atoms with Gasteiger partial charge in [-0.2, -0.15) is 5.10 Å². The molecule has 2 heterocycles. The summed E-state index contributed by atoms with van der Waals surface area (Å²) in [4.78, 5) is 11.2. The van der Waals surface area contributed by atoms with Crippen LogP contribution in [0.1, 0.15) is 23.8 Å². The summed E-state index contributed by atoms with van der Waals surface area (Å²) in [6.45, 7) is 3.71. The van der Waals surface area contributed by atoms with Crippen LogP contribution in [0.25, 0.3) is 11.3 Å². The second-order valence-corrected chi connectivity index (χ2v) is 4.04. The molecular weight excluding hydrogens is 248 g/mol. The molecule has 8 heteroatoms. The van der Waals surface area contributed by atoms with Gasteiger partial charge in [0, 0.05) is 24.8 Å². The van der Waals surface area contributed by atoms with Gasteiger partial charge in [-0.1, -0.05) is 5.21 Å². The van der Waals surface area contributed by atoms with E-state index in [-0.39, 0.29) is 5.69 Å².